The summed E-state index contributed by atoms with van der Waals surface area (Å²) < 4.78 is 39.6. The monoisotopic (exact) mass is 542 g/mol. The molecular weight excluding hydrogens is 514 g/mol. The smallest absolute Gasteiger partial charge is 0.331 e. The number of hydrogen-bond acceptors (Lipinski definition) is 6. The molecule has 0 saturated carbocycles. The van der Waals surface area contributed by atoms with Gasteiger partial charge in [-0.1, -0.05) is 18.2 Å². The number of amides is 1. The Morgan fingerprint density at radius 3 is 2.63 bits per heavy atom. The lowest BCUT2D eigenvalue weighted by molar-refractivity contribution is -0.132. The fraction of sp³-hybridized carbons (Fsp3) is 0.321. The van der Waals surface area contributed by atoms with Crippen molar-refractivity contribution in [2.24, 2.45) is 0 Å². The number of rotatable bonds is 11. The second-order valence-electron chi connectivity index (χ2n) is 8.88. The number of aliphatic carboxylic acids is 1. The maximum Gasteiger partial charge on any atom is 0.331 e. The summed E-state index contributed by atoms with van der Waals surface area (Å²) in [5, 5.41) is 12.0. The van der Waals surface area contributed by atoms with Gasteiger partial charge in [0.25, 0.3) is 5.91 Å². The Bertz CT molecular complexity index is 1360. The number of fused-ring (bicyclic) bond motifs is 3. The predicted molar refractivity (Wildman–Crippen MR) is 142 cm³/mol. The number of aromatic nitrogens is 1. The van der Waals surface area contributed by atoms with Crippen LogP contribution in [0.1, 0.15) is 45.3 Å². The first-order valence-electron chi connectivity index (χ1n) is 12.2. The molecule has 1 amide bonds. The largest absolute Gasteiger partial charge is 0.478 e. The molecule has 1 aliphatic rings. The van der Waals surface area contributed by atoms with Crippen LogP contribution in [0.4, 0.5) is 13.9 Å². The molecule has 0 atom stereocenters. The Labute approximate surface area is 223 Å². The lowest BCUT2D eigenvalue weighted by Crippen LogP contribution is -2.13. The molecule has 0 unspecified atom stereocenters. The zero-order valence-electron chi connectivity index (χ0n) is 21.1. The molecule has 0 saturated heterocycles. The number of halogens is 2. The molecule has 0 bridgehead atoms. The quantitative estimate of drug-likeness (QED) is 0.245. The van der Waals surface area contributed by atoms with Crippen LogP contribution in [0.5, 0.6) is 0 Å². The van der Waals surface area contributed by atoms with Crippen LogP contribution in [0.2, 0.25) is 0 Å². The van der Waals surface area contributed by atoms with Crippen molar-refractivity contribution in [1.29, 1.82) is 0 Å². The van der Waals surface area contributed by atoms with E-state index in [1.165, 1.54) is 29.4 Å². The first-order chi connectivity index (χ1) is 18.3. The number of carbonyl (C=O) groups excluding carboxylic acids is 1. The van der Waals surface area contributed by atoms with E-state index in [2.05, 4.69) is 16.4 Å². The van der Waals surface area contributed by atoms with Crippen molar-refractivity contribution in [3.05, 3.63) is 74.7 Å². The van der Waals surface area contributed by atoms with Crippen LogP contribution in [-0.4, -0.2) is 48.9 Å². The van der Waals surface area contributed by atoms with E-state index in [0.717, 1.165) is 60.0 Å². The molecular formula is C28H28F2N2O5S. The number of carbonyl (C=O) groups is 2. The maximum absolute atomic E-state index is 14.5. The average Bonchev–Trinajstić information content (AvgIpc) is 3.30. The number of hydrogen-bond donors (Lipinski definition) is 2. The third-order valence-corrected chi connectivity index (χ3v) is 7.28. The van der Waals surface area contributed by atoms with E-state index in [4.69, 9.17) is 14.6 Å². The summed E-state index contributed by atoms with van der Waals surface area (Å²) in [6.45, 7) is 3.03. The fourth-order valence-corrected chi connectivity index (χ4v) is 5.29. The summed E-state index contributed by atoms with van der Waals surface area (Å²) in [5.74, 6) is -4.06. The predicted octanol–water partition coefficient (Wildman–Crippen LogP) is 5.52. The minimum atomic E-state index is -1.29. The number of methoxy groups -OCH3 is 1. The molecule has 38 heavy (non-hydrogen) atoms. The highest BCUT2D eigenvalue weighted by molar-refractivity contribution is 7.16. The topological polar surface area (TPSA) is 97.8 Å². The molecule has 3 aromatic rings. The number of ether oxygens (including phenoxy) is 2. The third kappa shape index (κ3) is 6.32. The summed E-state index contributed by atoms with van der Waals surface area (Å²) in [6, 6.07) is 7.91. The van der Waals surface area contributed by atoms with Crippen molar-refractivity contribution in [2.45, 2.75) is 32.6 Å². The van der Waals surface area contributed by atoms with Crippen molar-refractivity contribution in [2.75, 3.05) is 32.2 Å². The van der Waals surface area contributed by atoms with Crippen molar-refractivity contribution in [3.8, 4) is 11.3 Å². The lowest BCUT2D eigenvalue weighted by atomic mass is 9.88. The lowest BCUT2D eigenvalue weighted by Gasteiger charge is -2.18. The summed E-state index contributed by atoms with van der Waals surface area (Å²) in [5.41, 5.74) is 3.36. The molecule has 2 N–H and O–H groups in total. The summed E-state index contributed by atoms with van der Waals surface area (Å²) in [7, 11) is 1.64. The minimum Gasteiger partial charge on any atom is -0.478 e. The van der Waals surface area contributed by atoms with E-state index in [-0.39, 0.29) is 11.1 Å². The van der Waals surface area contributed by atoms with Gasteiger partial charge in [0.05, 0.1) is 18.9 Å². The second-order valence-corrected chi connectivity index (χ2v) is 9.97. The van der Waals surface area contributed by atoms with Gasteiger partial charge in [0, 0.05) is 40.9 Å². The van der Waals surface area contributed by atoms with Gasteiger partial charge in [-0.25, -0.2) is 18.6 Å². The number of anilines is 1. The van der Waals surface area contributed by atoms with Crippen LogP contribution in [0, 0.1) is 11.6 Å². The van der Waals surface area contributed by atoms with Gasteiger partial charge in [0.1, 0.15) is 11.6 Å². The number of nitrogens with zero attached hydrogens (tertiary/aromatic N) is 1. The van der Waals surface area contributed by atoms with E-state index in [9.17, 15) is 18.4 Å². The van der Waals surface area contributed by atoms with E-state index >= 15 is 0 Å². The third-order valence-electron chi connectivity index (χ3n) is 6.25. The Balaban J connectivity index is 1.48. The Kier molecular flexibility index (Phi) is 8.98. The molecule has 200 valence electrons. The molecule has 4 rings (SSSR count). The van der Waals surface area contributed by atoms with Crippen LogP contribution in [0.15, 0.2) is 35.9 Å². The number of carboxylic acids is 1. The van der Waals surface area contributed by atoms with Crippen LogP contribution in [0.3, 0.4) is 0 Å². The molecule has 1 heterocycles. The van der Waals surface area contributed by atoms with Gasteiger partial charge in [-0.3, -0.25) is 10.1 Å². The van der Waals surface area contributed by atoms with Crippen molar-refractivity contribution in [3.63, 3.8) is 0 Å². The number of nitrogens with one attached hydrogen (secondary N) is 1. The van der Waals surface area contributed by atoms with E-state index in [1.807, 2.05) is 12.1 Å². The zero-order chi connectivity index (χ0) is 27.2. The van der Waals surface area contributed by atoms with Gasteiger partial charge >= 0.3 is 5.97 Å². The Morgan fingerprint density at radius 1 is 1.16 bits per heavy atom. The van der Waals surface area contributed by atoms with Crippen LogP contribution >= 0.6 is 11.3 Å². The Morgan fingerprint density at radius 2 is 1.92 bits per heavy atom. The van der Waals surface area contributed by atoms with Crippen LogP contribution in [-0.2, 0) is 33.5 Å². The Hall–Kier alpha value is -3.47. The van der Waals surface area contributed by atoms with Crippen molar-refractivity contribution >= 4 is 34.4 Å². The number of thiazole rings is 1. The van der Waals surface area contributed by atoms with Gasteiger partial charge in [-0.05, 0) is 61.9 Å². The van der Waals surface area contributed by atoms with Crippen molar-refractivity contribution < 1.29 is 33.0 Å². The molecule has 7 nitrogen and oxygen atoms in total. The van der Waals surface area contributed by atoms with Gasteiger partial charge in [0.2, 0.25) is 0 Å². The highest BCUT2D eigenvalue weighted by Gasteiger charge is 2.24. The summed E-state index contributed by atoms with van der Waals surface area (Å²) >= 11 is 1.34. The molecule has 1 aliphatic carbocycles. The summed E-state index contributed by atoms with van der Waals surface area (Å²) in [6.07, 6.45) is 4.31. The fourth-order valence-electron chi connectivity index (χ4n) is 4.32. The van der Waals surface area contributed by atoms with Crippen LogP contribution < -0.4 is 5.32 Å². The normalized spacial score (nSPS) is 12.7. The average molecular weight is 543 g/mol. The highest BCUT2D eigenvalue weighted by Crippen LogP contribution is 2.39. The van der Waals surface area contributed by atoms with Gasteiger partial charge < -0.3 is 14.6 Å². The van der Waals surface area contributed by atoms with Crippen LogP contribution in [0.25, 0.3) is 17.3 Å². The zero-order valence-corrected chi connectivity index (χ0v) is 21.9. The number of aryl methyl sites for hydroxylation is 2. The van der Waals surface area contributed by atoms with Gasteiger partial charge in [-0.15, -0.1) is 11.3 Å². The minimum absolute atomic E-state index is 0.228. The standard InChI is InChI=1S/C28H28F2N2O5S/c1-16(27(34)35)13-21-22(29)14-18(15-23(21)30)26(33)32-28-31-25-20-7-3-5-17(6-4-10-37-12-11-36-2)19(20)8-9-24(25)38-28/h3,5,7,13-15H,4,6,8-12H2,1-2H3,(H,34,35)(H,31,32,33). The van der Waals surface area contributed by atoms with Gasteiger partial charge in [0.15, 0.2) is 5.13 Å². The molecule has 0 radical (unpaired) electrons. The first kappa shape index (κ1) is 27.6. The van der Waals surface area contributed by atoms with Crippen molar-refractivity contribution in [1.82, 2.24) is 4.98 Å². The molecule has 0 aliphatic heterocycles. The highest BCUT2D eigenvalue weighted by atomic mass is 32.1. The SMILES string of the molecule is COCCOCCCc1cccc2c1CCc1sc(NC(=O)c3cc(F)c(C=C(C)C(=O)O)c(F)c3)nc1-2. The molecule has 2 aromatic carbocycles. The van der Waals surface area contributed by atoms with E-state index in [1.54, 1.807) is 7.11 Å². The van der Waals surface area contributed by atoms with E-state index < -0.39 is 29.1 Å². The maximum atomic E-state index is 14.5. The summed E-state index contributed by atoms with van der Waals surface area (Å²) in [4.78, 5) is 29.4. The molecule has 0 fully saturated rings. The van der Waals surface area contributed by atoms with Gasteiger partial charge in [-0.2, -0.15) is 0 Å². The number of benzene rings is 2. The molecule has 0 spiro atoms. The number of carboxylic acid groups (broad SMARTS) is 1. The molecule has 10 heteroatoms. The first-order valence-corrected chi connectivity index (χ1v) is 13.0. The second kappa shape index (κ2) is 12.4. The van der Waals surface area contributed by atoms with E-state index in [0.29, 0.717) is 25.0 Å². The molecule has 1 aromatic heterocycles.